The Balaban J connectivity index is 1.99. The molecule has 0 bridgehead atoms. The van der Waals surface area contributed by atoms with Crippen LogP contribution in [0.3, 0.4) is 0 Å². The molecule has 1 aliphatic rings. The van der Waals surface area contributed by atoms with Gasteiger partial charge in [0.2, 0.25) is 0 Å². The minimum atomic E-state index is -0.203. The first-order chi connectivity index (χ1) is 9.36. The number of likely N-dealkylation sites (N-methyl/N-ethyl adjacent to an activating group) is 1. The topological polar surface area (TPSA) is 29.5 Å². The van der Waals surface area contributed by atoms with Crippen LogP contribution in [0.4, 0.5) is 0 Å². The Morgan fingerprint density at radius 2 is 1.90 bits per heavy atom. The van der Waals surface area contributed by atoms with Gasteiger partial charge in [-0.2, -0.15) is 0 Å². The standard InChI is InChI=1S/C17H25NO2/c1-17(2,3)14-9-7-13(8-10-14)16(19)20-15-6-5-11-18(4)12-15/h7-10,15H,5-6,11-12H2,1-4H3/t15-/m0/s1. The molecule has 1 saturated heterocycles. The number of hydrogen-bond acceptors (Lipinski definition) is 3. The highest BCUT2D eigenvalue weighted by Crippen LogP contribution is 2.22. The molecular weight excluding hydrogens is 250 g/mol. The smallest absolute Gasteiger partial charge is 0.338 e. The molecular formula is C17H25NO2. The molecule has 3 nitrogen and oxygen atoms in total. The average Bonchev–Trinajstić information content (AvgIpc) is 2.38. The summed E-state index contributed by atoms with van der Waals surface area (Å²) in [5, 5.41) is 0. The third-order valence-corrected chi connectivity index (χ3v) is 3.84. The van der Waals surface area contributed by atoms with Crippen LogP contribution in [0.5, 0.6) is 0 Å². The Morgan fingerprint density at radius 1 is 1.25 bits per heavy atom. The van der Waals surface area contributed by atoms with Crippen molar-refractivity contribution in [3.63, 3.8) is 0 Å². The van der Waals surface area contributed by atoms with Gasteiger partial charge in [-0.1, -0.05) is 32.9 Å². The van der Waals surface area contributed by atoms with Gasteiger partial charge in [-0.25, -0.2) is 4.79 Å². The zero-order valence-corrected chi connectivity index (χ0v) is 13.0. The second-order valence-corrected chi connectivity index (χ2v) is 6.76. The second-order valence-electron chi connectivity index (χ2n) is 6.76. The summed E-state index contributed by atoms with van der Waals surface area (Å²) in [4.78, 5) is 14.4. The Morgan fingerprint density at radius 3 is 2.45 bits per heavy atom. The largest absolute Gasteiger partial charge is 0.457 e. The van der Waals surface area contributed by atoms with Gasteiger partial charge in [0.15, 0.2) is 0 Å². The fraction of sp³-hybridized carbons (Fsp3) is 0.588. The zero-order valence-electron chi connectivity index (χ0n) is 13.0. The van der Waals surface area contributed by atoms with Gasteiger partial charge in [-0.3, -0.25) is 0 Å². The van der Waals surface area contributed by atoms with Crippen molar-refractivity contribution < 1.29 is 9.53 Å². The van der Waals surface area contributed by atoms with E-state index < -0.39 is 0 Å². The van der Waals surface area contributed by atoms with Crippen LogP contribution in [-0.4, -0.2) is 37.1 Å². The fourth-order valence-electron chi connectivity index (χ4n) is 2.54. The van der Waals surface area contributed by atoms with Gasteiger partial charge in [-0.05, 0) is 49.5 Å². The van der Waals surface area contributed by atoms with Gasteiger partial charge in [0, 0.05) is 6.54 Å². The van der Waals surface area contributed by atoms with Gasteiger partial charge in [0.1, 0.15) is 6.10 Å². The van der Waals surface area contributed by atoms with Crippen molar-refractivity contribution in [2.24, 2.45) is 0 Å². The summed E-state index contributed by atoms with van der Waals surface area (Å²) in [6.45, 7) is 8.43. The summed E-state index contributed by atoms with van der Waals surface area (Å²) in [5.74, 6) is -0.203. The molecule has 0 aliphatic carbocycles. The lowest BCUT2D eigenvalue weighted by atomic mass is 9.87. The van der Waals surface area contributed by atoms with E-state index in [1.165, 1.54) is 5.56 Å². The normalized spacial score (nSPS) is 20.7. The number of hydrogen-bond donors (Lipinski definition) is 0. The van der Waals surface area contributed by atoms with Crippen LogP contribution in [0.2, 0.25) is 0 Å². The van der Waals surface area contributed by atoms with Gasteiger partial charge < -0.3 is 9.64 Å². The molecule has 0 spiro atoms. The number of rotatable bonds is 2. The average molecular weight is 275 g/mol. The highest BCUT2D eigenvalue weighted by Gasteiger charge is 2.22. The molecule has 1 aliphatic heterocycles. The molecule has 0 unspecified atom stereocenters. The van der Waals surface area contributed by atoms with Crippen LogP contribution in [-0.2, 0) is 10.2 Å². The SMILES string of the molecule is CN1CCC[C@H](OC(=O)c2ccc(C(C)(C)C)cc2)C1. The molecule has 0 radical (unpaired) electrons. The van der Waals surface area contributed by atoms with E-state index >= 15 is 0 Å². The zero-order chi connectivity index (χ0) is 14.8. The Hall–Kier alpha value is -1.35. The van der Waals surface area contributed by atoms with Crippen LogP contribution >= 0.6 is 0 Å². The van der Waals surface area contributed by atoms with Crippen molar-refractivity contribution in [2.75, 3.05) is 20.1 Å². The number of piperidine rings is 1. The van der Waals surface area contributed by atoms with E-state index in [4.69, 9.17) is 4.74 Å². The number of likely N-dealkylation sites (tertiary alicyclic amines) is 1. The van der Waals surface area contributed by atoms with Crippen molar-refractivity contribution in [3.8, 4) is 0 Å². The molecule has 0 aromatic heterocycles. The van der Waals surface area contributed by atoms with Gasteiger partial charge in [0.25, 0.3) is 0 Å². The first-order valence-corrected chi connectivity index (χ1v) is 7.36. The number of carbonyl (C=O) groups excluding carboxylic acids is 1. The van der Waals surface area contributed by atoms with Crippen molar-refractivity contribution in [1.29, 1.82) is 0 Å². The van der Waals surface area contributed by atoms with E-state index in [-0.39, 0.29) is 17.5 Å². The number of benzene rings is 1. The number of esters is 1. The summed E-state index contributed by atoms with van der Waals surface area (Å²) < 4.78 is 5.59. The summed E-state index contributed by atoms with van der Waals surface area (Å²) in [7, 11) is 2.07. The van der Waals surface area contributed by atoms with Crippen molar-refractivity contribution in [3.05, 3.63) is 35.4 Å². The lowest BCUT2D eigenvalue weighted by molar-refractivity contribution is 0.0108. The lowest BCUT2D eigenvalue weighted by Crippen LogP contribution is -2.38. The van der Waals surface area contributed by atoms with E-state index in [1.807, 2.05) is 24.3 Å². The summed E-state index contributed by atoms with van der Waals surface area (Å²) >= 11 is 0. The minimum Gasteiger partial charge on any atom is -0.457 e. The first kappa shape index (κ1) is 15.0. The van der Waals surface area contributed by atoms with Crippen molar-refractivity contribution in [2.45, 2.75) is 45.1 Å². The molecule has 1 heterocycles. The maximum atomic E-state index is 12.1. The van der Waals surface area contributed by atoms with Crippen LogP contribution in [0, 0.1) is 0 Å². The van der Waals surface area contributed by atoms with Gasteiger partial charge in [0.05, 0.1) is 5.56 Å². The quantitative estimate of drug-likeness (QED) is 0.776. The maximum Gasteiger partial charge on any atom is 0.338 e. The monoisotopic (exact) mass is 275 g/mol. The minimum absolute atomic E-state index is 0.0311. The molecule has 0 amide bonds. The third kappa shape index (κ3) is 3.83. The summed E-state index contributed by atoms with van der Waals surface area (Å²) in [6.07, 6.45) is 2.09. The predicted octanol–water partition coefficient (Wildman–Crippen LogP) is 3.24. The Bertz CT molecular complexity index is 459. The van der Waals surface area contributed by atoms with Crippen LogP contribution in [0.1, 0.15) is 49.5 Å². The number of nitrogens with zero attached hydrogens (tertiary/aromatic N) is 1. The van der Waals surface area contributed by atoms with Crippen molar-refractivity contribution >= 4 is 5.97 Å². The van der Waals surface area contributed by atoms with Crippen LogP contribution in [0.15, 0.2) is 24.3 Å². The van der Waals surface area contributed by atoms with Crippen molar-refractivity contribution in [1.82, 2.24) is 4.90 Å². The molecule has 3 heteroatoms. The number of ether oxygens (including phenoxy) is 1. The molecule has 1 atom stereocenters. The maximum absolute atomic E-state index is 12.1. The molecule has 2 rings (SSSR count). The van der Waals surface area contributed by atoms with E-state index in [9.17, 15) is 4.79 Å². The van der Waals surface area contributed by atoms with Crippen LogP contribution < -0.4 is 0 Å². The molecule has 20 heavy (non-hydrogen) atoms. The Kier molecular flexibility index (Phi) is 4.48. The number of carbonyl (C=O) groups is 1. The Labute approximate surface area is 121 Å². The predicted molar refractivity (Wildman–Crippen MR) is 81.1 cm³/mol. The van der Waals surface area contributed by atoms with Crippen LogP contribution in [0.25, 0.3) is 0 Å². The second kappa shape index (κ2) is 5.96. The van der Waals surface area contributed by atoms with Gasteiger partial charge >= 0.3 is 5.97 Å². The van der Waals surface area contributed by atoms with Gasteiger partial charge in [-0.15, -0.1) is 0 Å². The summed E-state index contributed by atoms with van der Waals surface area (Å²) in [5.41, 5.74) is 1.98. The first-order valence-electron chi connectivity index (χ1n) is 7.36. The molecule has 1 fully saturated rings. The van der Waals surface area contributed by atoms with E-state index in [2.05, 4.69) is 32.7 Å². The molecule has 110 valence electrons. The lowest BCUT2D eigenvalue weighted by Gasteiger charge is -2.29. The molecule has 0 saturated carbocycles. The van der Waals surface area contributed by atoms with E-state index in [1.54, 1.807) is 0 Å². The van der Waals surface area contributed by atoms with E-state index in [0.717, 1.165) is 25.9 Å². The fourth-order valence-corrected chi connectivity index (χ4v) is 2.54. The highest BCUT2D eigenvalue weighted by atomic mass is 16.5. The highest BCUT2D eigenvalue weighted by molar-refractivity contribution is 5.89. The third-order valence-electron chi connectivity index (χ3n) is 3.84. The molecule has 1 aromatic carbocycles. The molecule has 0 N–H and O–H groups in total. The van der Waals surface area contributed by atoms with E-state index in [0.29, 0.717) is 5.56 Å². The molecule has 1 aromatic rings. The summed E-state index contributed by atoms with van der Waals surface area (Å²) in [6, 6.07) is 7.78.